The fourth-order valence-corrected chi connectivity index (χ4v) is 1.94. The van der Waals surface area contributed by atoms with Crippen molar-refractivity contribution < 1.29 is 0 Å². The Morgan fingerprint density at radius 1 is 1.41 bits per heavy atom. The first-order chi connectivity index (χ1) is 8.16. The lowest BCUT2D eigenvalue weighted by Crippen LogP contribution is -2.19. The van der Waals surface area contributed by atoms with Gasteiger partial charge in [0.1, 0.15) is 16.5 Å². The molecular formula is C10H11N5S2. The lowest BCUT2D eigenvalue weighted by molar-refractivity contribution is 0.867. The third kappa shape index (κ3) is 2.95. The van der Waals surface area contributed by atoms with Crippen LogP contribution in [0, 0.1) is 0 Å². The van der Waals surface area contributed by atoms with Gasteiger partial charge < -0.3 is 10.6 Å². The lowest BCUT2D eigenvalue weighted by Gasteiger charge is -2.16. The van der Waals surface area contributed by atoms with Gasteiger partial charge in [-0.15, -0.1) is 11.3 Å². The van der Waals surface area contributed by atoms with Crippen LogP contribution in [0.25, 0.3) is 0 Å². The number of rotatable bonds is 4. The van der Waals surface area contributed by atoms with Crippen molar-refractivity contribution in [3.8, 4) is 0 Å². The van der Waals surface area contributed by atoms with Crippen LogP contribution in [-0.4, -0.2) is 27.0 Å². The molecule has 17 heavy (non-hydrogen) atoms. The number of anilines is 1. The molecule has 2 aromatic heterocycles. The fraction of sp³-hybridized carbons (Fsp3) is 0.200. The van der Waals surface area contributed by atoms with E-state index in [4.69, 9.17) is 18.0 Å². The molecule has 0 unspecified atom stereocenters. The summed E-state index contributed by atoms with van der Waals surface area (Å²) in [5.74, 6) is 0.762. The van der Waals surface area contributed by atoms with Gasteiger partial charge in [-0.25, -0.2) is 15.0 Å². The number of aromatic nitrogens is 3. The van der Waals surface area contributed by atoms with Gasteiger partial charge in [-0.05, 0) is 0 Å². The number of thiocarbonyl (C=S) groups is 1. The maximum Gasteiger partial charge on any atom is 0.147 e. The van der Waals surface area contributed by atoms with Crippen LogP contribution in [0.5, 0.6) is 0 Å². The van der Waals surface area contributed by atoms with Crippen LogP contribution in [0.4, 0.5) is 5.82 Å². The van der Waals surface area contributed by atoms with Gasteiger partial charge in [0.25, 0.3) is 0 Å². The number of hydrogen-bond donors (Lipinski definition) is 1. The molecule has 0 aromatic carbocycles. The normalized spacial score (nSPS) is 10.2. The van der Waals surface area contributed by atoms with Crippen LogP contribution < -0.4 is 10.6 Å². The molecule has 5 nitrogen and oxygen atoms in total. The summed E-state index contributed by atoms with van der Waals surface area (Å²) < 4.78 is 0. The largest absolute Gasteiger partial charge is 0.388 e. The van der Waals surface area contributed by atoms with Crippen LogP contribution in [0.1, 0.15) is 11.4 Å². The van der Waals surface area contributed by atoms with Crippen molar-refractivity contribution in [1.29, 1.82) is 0 Å². The van der Waals surface area contributed by atoms with E-state index in [9.17, 15) is 0 Å². The van der Waals surface area contributed by atoms with Crippen LogP contribution in [0.2, 0.25) is 0 Å². The molecule has 0 saturated carbocycles. The third-order valence-electron chi connectivity index (χ3n) is 2.16. The van der Waals surface area contributed by atoms with E-state index >= 15 is 0 Å². The Morgan fingerprint density at radius 3 is 2.76 bits per heavy atom. The SMILES string of the molecule is CN(Cc1cscn1)c1cnc(C(N)=S)cn1. The van der Waals surface area contributed by atoms with Crippen LogP contribution in [0.3, 0.4) is 0 Å². The summed E-state index contributed by atoms with van der Waals surface area (Å²) in [6, 6.07) is 0. The molecule has 2 rings (SSSR count). The first kappa shape index (κ1) is 11.9. The second-order valence-electron chi connectivity index (χ2n) is 3.46. The maximum atomic E-state index is 5.46. The maximum absolute atomic E-state index is 5.46. The zero-order valence-corrected chi connectivity index (χ0v) is 10.8. The number of nitrogens with two attached hydrogens (primary N) is 1. The van der Waals surface area contributed by atoms with Crippen molar-refractivity contribution in [2.45, 2.75) is 6.54 Å². The second kappa shape index (κ2) is 5.15. The van der Waals surface area contributed by atoms with Crippen molar-refractivity contribution in [3.63, 3.8) is 0 Å². The number of nitrogens with zero attached hydrogens (tertiary/aromatic N) is 4. The zero-order valence-electron chi connectivity index (χ0n) is 9.20. The Hall–Kier alpha value is -1.60. The van der Waals surface area contributed by atoms with Gasteiger partial charge in [0.05, 0.1) is 30.1 Å². The minimum atomic E-state index is 0.256. The van der Waals surface area contributed by atoms with E-state index in [0.717, 1.165) is 11.5 Å². The van der Waals surface area contributed by atoms with Gasteiger partial charge in [-0.1, -0.05) is 12.2 Å². The van der Waals surface area contributed by atoms with Crippen molar-refractivity contribution in [2.75, 3.05) is 11.9 Å². The number of thiazole rings is 1. The minimum Gasteiger partial charge on any atom is -0.388 e. The highest BCUT2D eigenvalue weighted by atomic mass is 32.1. The summed E-state index contributed by atoms with van der Waals surface area (Å²) in [6.07, 6.45) is 3.23. The summed E-state index contributed by atoms with van der Waals surface area (Å²) in [5, 5.41) is 2.01. The zero-order chi connectivity index (χ0) is 12.3. The van der Waals surface area contributed by atoms with Crippen molar-refractivity contribution >= 4 is 34.4 Å². The molecular weight excluding hydrogens is 254 g/mol. The second-order valence-corrected chi connectivity index (χ2v) is 4.62. The number of hydrogen-bond acceptors (Lipinski definition) is 6. The van der Waals surface area contributed by atoms with Crippen LogP contribution in [0.15, 0.2) is 23.3 Å². The molecule has 2 aromatic rings. The summed E-state index contributed by atoms with van der Waals surface area (Å²) >= 11 is 6.39. The van der Waals surface area contributed by atoms with Crippen molar-refractivity contribution in [1.82, 2.24) is 15.0 Å². The molecule has 88 valence electrons. The smallest absolute Gasteiger partial charge is 0.147 e. The Labute approximate surface area is 108 Å². The van der Waals surface area contributed by atoms with Gasteiger partial charge in [0, 0.05) is 12.4 Å². The van der Waals surface area contributed by atoms with Crippen molar-refractivity contribution in [2.24, 2.45) is 5.73 Å². The Morgan fingerprint density at radius 2 is 2.24 bits per heavy atom. The summed E-state index contributed by atoms with van der Waals surface area (Å²) in [6.45, 7) is 0.699. The van der Waals surface area contributed by atoms with E-state index < -0.39 is 0 Å². The molecule has 0 amide bonds. The molecule has 0 atom stereocenters. The molecule has 0 aliphatic heterocycles. The molecule has 0 fully saturated rings. The predicted molar refractivity (Wildman–Crippen MR) is 72.1 cm³/mol. The molecule has 0 aliphatic carbocycles. The summed E-state index contributed by atoms with van der Waals surface area (Å²) in [7, 11) is 1.93. The molecule has 2 N–H and O–H groups in total. The quantitative estimate of drug-likeness (QED) is 0.838. The van der Waals surface area contributed by atoms with E-state index in [1.165, 1.54) is 0 Å². The molecule has 0 saturated heterocycles. The topological polar surface area (TPSA) is 67.9 Å². The predicted octanol–water partition coefficient (Wildman–Crippen LogP) is 1.20. The molecule has 0 bridgehead atoms. The average molecular weight is 265 g/mol. The van der Waals surface area contributed by atoms with E-state index in [1.54, 1.807) is 23.7 Å². The molecule has 2 heterocycles. The van der Waals surface area contributed by atoms with E-state index in [0.29, 0.717) is 12.2 Å². The fourth-order valence-electron chi connectivity index (χ4n) is 1.29. The monoisotopic (exact) mass is 265 g/mol. The first-order valence-corrected chi connectivity index (χ1v) is 6.22. The minimum absolute atomic E-state index is 0.256. The summed E-state index contributed by atoms with van der Waals surface area (Å²) in [5.41, 5.74) is 8.81. The van der Waals surface area contributed by atoms with Gasteiger partial charge in [-0.3, -0.25) is 0 Å². The Balaban J connectivity index is 2.09. The van der Waals surface area contributed by atoms with E-state index in [1.807, 2.05) is 22.8 Å². The summed E-state index contributed by atoms with van der Waals surface area (Å²) in [4.78, 5) is 14.8. The van der Waals surface area contributed by atoms with E-state index in [2.05, 4.69) is 15.0 Å². The van der Waals surface area contributed by atoms with Gasteiger partial charge in [-0.2, -0.15) is 0 Å². The van der Waals surface area contributed by atoms with Crippen molar-refractivity contribution in [3.05, 3.63) is 34.7 Å². The Kier molecular flexibility index (Phi) is 3.60. The van der Waals surface area contributed by atoms with Crippen LogP contribution in [-0.2, 0) is 6.54 Å². The molecule has 7 heteroatoms. The van der Waals surface area contributed by atoms with E-state index in [-0.39, 0.29) is 4.99 Å². The van der Waals surface area contributed by atoms with Gasteiger partial charge >= 0.3 is 0 Å². The highest BCUT2D eigenvalue weighted by molar-refractivity contribution is 7.80. The molecule has 0 aliphatic rings. The third-order valence-corrected chi connectivity index (χ3v) is 3.01. The van der Waals surface area contributed by atoms with Crippen LogP contribution >= 0.6 is 23.6 Å². The van der Waals surface area contributed by atoms with Gasteiger partial charge in [0.2, 0.25) is 0 Å². The average Bonchev–Trinajstić information content (AvgIpc) is 2.82. The first-order valence-electron chi connectivity index (χ1n) is 4.87. The molecule has 0 spiro atoms. The standard InChI is InChI=1S/C10H11N5S2/c1-15(4-7-5-17-6-14-7)9-3-12-8(2-13-9)10(11)16/h2-3,5-6H,4H2,1H3,(H2,11,16). The molecule has 0 radical (unpaired) electrons. The lowest BCUT2D eigenvalue weighted by atomic mass is 10.4. The van der Waals surface area contributed by atoms with Gasteiger partial charge in [0.15, 0.2) is 0 Å². The Bertz CT molecular complexity index is 494. The highest BCUT2D eigenvalue weighted by Gasteiger charge is 2.06. The highest BCUT2D eigenvalue weighted by Crippen LogP contribution is 2.11.